The molecule has 2 atom stereocenters. The summed E-state index contributed by atoms with van der Waals surface area (Å²) in [6.45, 7) is 4.99. The Morgan fingerprint density at radius 1 is 1.33 bits per heavy atom. The molecule has 0 radical (unpaired) electrons. The van der Waals surface area contributed by atoms with Gasteiger partial charge in [0.25, 0.3) is 0 Å². The molecule has 0 amide bonds. The topological polar surface area (TPSA) is 40.5 Å². The number of hydrogen-bond acceptors (Lipinski definition) is 2. The zero-order valence-corrected chi connectivity index (χ0v) is 13.2. The Hall–Kier alpha value is -1.51. The molecule has 0 heterocycles. The molecule has 1 aliphatic rings. The lowest BCUT2D eigenvalue weighted by atomic mass is 9.83. The molecule has 21 heavy (non-hydrogen) atoms. The lowest BCUT2D eigenvalue weighted by Gasteiger charge is -2.39. The third kappa shape index (κ3) is 4.23. The molecule has 2 unspecified atom stereocenters. The molecule has 1 aromatic carbocycles. The summed E-state index contributed by atoms with van der Waals surface area (Å²) < 4.78 is 0. The van der Waals surface area contributed by atoms with Gasteiger partial charge in [0, 0.05) is 18.3 Å². The molecule has 2 rings (SSSR count). The maximum absolute atomic E-state index is 11.0. The summed E-state index contributed by atoms with van der Waals surface area (Å²) in [6.07, 6.45) is 6.42. The van der Waals surface area contributed by atoms with E-state index >= 15 is 0 Å². The molecule has 0 spiro atoms. The van der Waals surface area contributed by atoms with Crippen molar-refractivity contribution in [3.05, 3.63) is 29.8 Å². The van der Waals surface area contributed by atoms with E-state index < -0.39 is 5.97 Å². The van der Waals surface area contributed by atoms with E-state index in [1.165, 1.54) is 43.4 Å². The highest BCUT2D eigenvalue weighted by atomic mass is 16.4. The van der Waals surface area contributed by atoms with Crippen molar-refractivity contribution in [1.29, 1.82) is 0 Å². The van der Waals surface area contributed by atoms with Crippen LogP contribution in [-0.2, 0) is 4.79 Å². The summed E-state index contributed by atoms with van der Waals surface area (Å²) in [5.74, 6) is 0.0801. The standard InChI is InChI=1S/C18H27NO2/c1-3-15-8-6-9-16(13-15)19(12-11-18(20)21)17-10-5-4-7-14(17)2/h4-5,7,10,15-16H,3,6,8-9,11-13H2,1-2H3,(H,20,21). The SMILES string of the molecule is CCC1CCCC(N(CCC(=O)O)c2ccccc2C)C1. The number of hydrogen-bond donors (Lipinski definition) is 1. The highest BCUT2D eigenvalue weighted by Crippen LogP contribution is 2.33. The van der Waals surface area contributed by atoms with Gasteiger partial charge in [-0.2, -0.15) is 0 Å². The third-order valence-electron chi connectivity index (χ3n) is 4.76. The van der Waals surface area contributed by atoms with E-state index in [-0.39, 0.29) is 6.42 Å². The Kier molecular flexibility index (Phi) is 5.66. The molecule has 3 nitrogen and oxygen atoms in total. The first kappa shape index (κ1) is 15.9. The zero-order chi connectivity index (χ0) is 15.2. The van der Waals surface area contributed by atoms with E-state index in [2.05, 4.69) is 36.9 Å². The van der Waals surface area contributed by atoms with Gasteiger partial charge in [0.15, 0.2) is 0 Å². The second-order valence-electron chi connectivity index (χ2n) is 6.22. The molecule has 0 saturated heterocycles. The summed E-state index contributed by atoms with van der Waals surface area (Å²) in [5, 5.41) is 9.05. The summed E-state index contributed by atoms with van der Waals surface area (Å²) >= 11 is 0. The molecular weight excluding hydrogens is 262 g/mol. The minimum absolute atomic E-state index is 0.210. The number of carboxylic acid groups (broad SMARTS) is 1. The van der Waals surface area contributed by atoms with Crippen molar-refractivity contribution < 1.29 is 9.90 Å². The Morgan fingerprint density at radius 3 is 2.76 bits per heavy atom. The average Bonchev–Trinajstić information content (AvgIpc) is 2.49. The number of carboxylic acids is 1. The van der Waals surface area contributed by atoms with Crippen LogP contribution in [0.25, 0.3) is 0 Å². The van der Waals surface area contributed by atoms with Crippen LogP contribution in [0.3, 0.4) is 0 Å². The summed E-state index contributed by atoms with van der Waals surface area (Å²) in [6, 6.07) is 8.83. The summed E-state index contributed by atoms with van der Waals surface area (Å²) in [4.78, 5) is 13.3. The molecule has 0 aliphatic heterocycles. The number of aryl methyl sites for hydroxylation is 1. The van der Waals surface area contributed by atoms with Crippen LogP contribution in [0.5, 0.6) is 0 Å². The third-order valence-corrected chi connectivity index (χ3v) is 4.76. The fourth-order valence-corrected chi connectivity index (χ4v) is 3.52. The van der Waals surface area contributed by atoms with Crippen molar-refractivity contribution in [1.82, 2.24) is 0 Å². The van der Waals surface area contributed by atoms with Crippen LogP contribution in [-0.4, -0.2) is 23.7 Å². The lowest BCUT2D eigenvalue weighted by Crippen LogP contribution is -2.40. The van der Waals surface area contributed by atoms with Crippen molar-refractivity contribution in [3.8, 4) is 0 Å². The number of rotatable bonds is 6. The van der Waals surface area contributed by atoms with Crippen LogP contribution in [0.1, 0.15) is 51.0 Å². The van der Waals surface area contributed by atoms with Gasteiger partial charge in [-0.25, -0.2) is 0 Å². The first-order chi connectivity index (χ1) is 10.1. The van der Waals surface area contributed by atoms with Gasteiger partial charge < -0.3 is 10.0 Å². The van der Waals surface area contributed by atoms with E-state index in [1.807, 2.05) is 6.07 Å². The van der Waals surface area contributed by atoms with Gasteiger partial charge in [0.2, 0.25) is 0 Å². The van der Waals surface area contributed by atoms with Gasteiger partial charge in [0.1, 0.15) is 0 Å². The van der Waals surface area contributed by atoms with Crippen molar-refractivity contribution in [2.75, 3.05) is 11.4 Å². The quantitative estimate of drug-likeness (QED) is 0.851. The Labute approximate surface area is 128 Å². The molecule has 1 aliphatic carbocycles. The second-order valence-corrected chi connectivity index (χ2v) is 6.22. The normalized spacial score (nSPS) is 22.0. The van der Waals surface area contributed by atoms with E-state index in [0.717, 1.165) is 5.92 Å². The van der Waals surface area contributed by atoms with Gasteiger partial charge in [-0.3, -0.25) is 4.79 Å². The maximum Gasteiger partial charge on any atom is 0.305 e. The van der Waals surface area contributed by atoms with Gasteiger partial charge in [-0.1, -0.05) is 44.4 Å². The molecule has 1 aromatic rings. The predicted octanol–water partition coefficient (Wildman–Crippen LogP) is 4.24. The van der Waals surface area contributed by atoms with Gasteiger partial charge >= 0.3 is 5.97 Å². The Morgan fingerprint density at radius 2 is 2.10 bits per heavy atom. The second kappa shape index (κ2) is 7.48. The molecule has 1 N–H and O–H groups in total. The van der Waals surface area contributed by atoms with Crippen LogP contribution in [0.2, 0.25) is 0 Å². The molecule has 1 fully saturated rings. The van der Waals surface area contributed by atoms with Crippen LogP contribution >= 0.6 is 0 Å². The van der Waals surface area contributed by atoms with E-state index in [1.54, 1.807) is 0 Å². The van der Waals surface area contributed by atoms with Crippen LogP contribution in [0.15, 0.2) is 24.3 Å². The van der Waals surface area contributed by atoms with Gasteiger partial charge in [-0.05, 0) is 37.3 Å². The Balaban J connectivity index is 2.19. The predicted molar refractivity (Wildman–Crippen MR) is 86.8 cm³/mol. The van der Waals surface area contributed by atoms with Crippen LogP contribution in [0.4, 0.5) is 5.69 Å². The molecular formula is C18H27NO2. The maximum atomic E-state index is 11.0. The van der Waals surface area contributed by atoms with Crippen LogP contribution < -0.4 is 4.90 Å². The summed E-state index contributed by atoms with van der Waals surface area (Å²) in [7, 11) is 0. The van der Waals surface area contributed by atoms with Crippen molar-refractivity contribution >= 4 is 11.7 Å². The minimum atomic E-state index is -0.712. The monoisotopic (exact) mass is 289 g/mol. The lowest BCUT2D eigenvalue weighted by molar-refractivity contribution is -0.136. The molecule has 0 bridgehead atoms. The van der Waals surface area contributed by atoms with E-state index in [4.69, 9.17) is 5.11 Å². The highest BCUT2D eigenvalue weighted by Gasteiger charge is 2.27. The van der Waals surface area contributed by atoms with Crippen molar-refractivity contribution in [2.24, 2.45) is 5.92 Å². The molecule has 0 aromatic heterocycles. The fourth-order valence-electron chi connectivity index (χ4n) is 3.52. The summed E-state index contributed by atoms with van der Waals surface area (Å²) in [5.41, 5.74) is 2.45. The van der Waals surface area contributed by atoms with Gasteiger partial charge in [0.05, 0.1) is 6.42 Å². The molecule has 116 valence electrons. The van der Waals surface area contributed by atoms with Crippen molar-refractivity contribution in [2.45, 2.75) is 58.4 Å². The minimum Gasteiger partial charge on any atom is -0.481 e. The largest absolute Gasteiger partial charge is 0.481 e. The van der Waals surface area contributed by atoms with E-state index in [0.29, 0.717) is 12.6 Å². The van der Waals surface area contributed by atoms with E-state index in [9.17, 15) is 4.79 Å². The highest BCUT2D eigenvalue weighted by molar-refractivity contribution is 5.68. The number of para-hydroxylation sites is 1. The average molecular weight is 289 g/mol. The fraction of sp³-hybridized carbons (Fsp3) is 0.611. The first-order valence-corrected chi connectivity index (χ1v) is 8.16. The smallest absolute Gasteiger partial charge is 0.305 e. The number of nitrogens with zero attached hydrogens (tertiary/aromatic N) is 1. The molecule has 1 saturated carbocycles. The van der Waals surface area contributed by atoms with Crippen molar-refractivity contribution in [3.63, 3.8) is 0 Å². The number of carbonyl (C=O) groups is 1. The Bertz CT molecular complexity index is 472. The first-order valence-electron chi connectivity index (χ1n) is 8.16. The number of aliphatic carboxylic acids is 1. The molecule has 3 heteroatoms. The number of anilines is 1. The number of benzene rings is 1. The van der Waals surface area contributed by atoms with Gasteiger partial charge in [-0.15, -0.1) is 0 Å². The van der Waals surface area contributed by atoms with Crippen LogP contribution in [0, 0.1) is 12.8 Å². The zero-order valence-electron chi connectivity index (χ0n) is 13.2.